The quantitative estimate of drug-likeness (QED) is 0.424. The minimum atomic E-state index is -0.216. The van der Waals surface area contributed by atoms with E-state index in [2.05, 4.69) is 52.0 Å². The van der Waals surface area contributed by atoms with E-state index in [0.29, 0.717) is 12.5 Å². The lowest BCUT2D eigenvalue weighted by Gasteiger charge is -2.25. The molecule has 0 amide bonds. The lowest BCUT2D eigenvalue weighted by molar-refractivity contribution is 0.283. The molecule has 2 nitrogen and oxygen atoms in total. The Morgan fingerprint density at radius 1 is 1.00 bits per heavy atom. The summed E-state index contributed by atoms with van der Waals surface area (Å²) in [6.45, 7) is 9.42. The summed E-state index contributed by atoms with van der Waals surface area (Å²) >= 11 is 0. The molecule has 164 valence electrons. The van der Waals surface area contributed by atoms with Gasteiger partial charge in [0.05, 0.1) is 18.0 Å². The third kappa shape index (κ3) is 3.54. The number of hydrogen-bond donors (Lipinski definition) is 0. The number of ether oxygens (including phenoxy) is 1. The molecule has 0 bridgehead atoms. The highest BCUT2D eigenvalue weighted by Gasteiger charge is 2.50. The van der Waals surface area contributed by atoms with Gasteiger partial charge in [-0.3, -0.25) is 4.98 Å². The lowest BCUT2D eigenvalue weighted by atomic mass is 9.81. The van der Waals surface area contributed by atoms with Crippen LogP contribution in [-0.2, 0) is 5.41 Å². The van der Waals surface area contributed by atoms with Crippen molar-refractivity contribution in [3.63, 3.8) is 0 Å². The molecule has 1 spiro atoms. The third-order valence-corrected chi connectivity index (χ3v) is 6.62. The highest BCUT2D eigenvalue weighted by Crippen LogP contribution is 2.58. The number of nitrogens with zero attached hydrogens (tertiary/aromatic N) is 1. The number of rotatable bonds is 4. The average molecular weight is 428 g/mol. The topological polar surface area (TPSA) is 22.1 Å². The normalized spacial score (nSPS) is 16.2. The standard InChI is InChI=1S/C29H30FNO/c1-18(2)9-14-23-25(20-10-12-21(30)13-11-20)26-28(31-27(23)19(3)4)22-7-5-6-8-24(22)32-17-29(26)15-16-29/h5-14,18-19H,15-17H2,1-4H3/b14-9+. The van der Waals surface area contributed by atoms with E-state index in [1.807, 2.05) is 24.3 Å². The first-order valence-corrected chi connectivity index (χ1v) is 11.6. The second-order valence-corrected chi connectivity index (χ2v) is 9.84. The van der Waals surface area contributed by atoms with Gasteiger partial charge in [-0.25, -0.2) is 4.39 Å². The van der Waals surface area contributed by atoms with Crippen molar-refractivity contribution >= 4 is 6.08 Å². The maximum absolute atomic E-state index is 13.9. The molecular weight excluding hydrogens is 397 g/mol. The van der Waals surface area contributed by atoms with Crippen molar-refractivity contribution in [2.75, 3.05) is 6.61 Å². The number of aromatic nitrogens is 1. The Hall–Kier alpha value is -2.94. The van der Waals surface area contributed by atoms with Gasteiger partial charge in [0.25, 0.3) is 0 Å². The molecule has 0 saturated heterocycles. The van der Waals surface area contributed by atoms with Crippen molar-refractivity contribution in [1.29, 1.82) is 0 Å². The zero-order valence-corrected chi connectivity index (χ0v) is 19.3. The van der Waals surface area contributed by atoms with E-state index in [1.54, 1.807) is 12.1 Å². The number of fused-ring (bicyclic) bond motifs is 4. The summed E-state index contributed by atoms with van der Waals surface area (Å²) in [6, 6.07) is 15.2. The Morgan fingerprint density at radius 3 is 2.38 bits per heavy atom. The van der Waals surface area contributed by atoms with Crippen molar-refractivity contribution in [2.24, 2.45) is 5.92 Å². The molecule has 5 rings (SSSR count). The number of benzene rings is 2. The van der Waals surface area contributed by atoms with Crippen molar-refractivity contribution in [1.82, 2.24) is 4.98 Å². The van der Waals surface area contributed by atoms with Gasteiger partial charge in [0.1, 0.15) is 11.6 Å². The van der Waals surface area contributed by atoms with E-state index in [1.165, 1.54) is 11.1 Å². The third-order valence-electron chi connectivity index (χ3n) is 6.62. The molecule has 3 aromatic rings. The number of allylic oxidation sites excluding steroid dienone is 1. The molecular formula is C29H30FNO. The van der Waals surface area contributed by atoms with Gasteiger partial charge in [-0.1, -0.05) is 64.1 Å². The van der Waals surface area contributed by atoms with Gasteiger partial charge in [-0.05, 0) is 65.6 Å². The summed E-state index contributed by atoms with van der Waals surface area (Å²) in [5, 5.41) is 0. The van der Waals surface area contributed by atoms with E-state index < -0.39 is 0 Å². The summed E-state index contributed by atoms with van der Waals surface area (Å²) in [6.07, 6.45) is 6.64. The zero-order chi connectivity index (χ0) is 22.5. The van der Waals surface area contributed by atoms with Crippen LogP contribution in [0.4, 0.5) is 4.39 Å². The molecule has 32 heavy (non-hydrogen) atoms. The lowest BCUT2D eigenvalue weighted by Crippen LogP contribution is -2.19. The molecule has 1 fully saturated rings. The average Bonchev–Trinajstić information content (AvgIpc) is 3.58. The van der Waals surface area contributed by atoms with E-state index in [4.69, 9.17) is 9.72 Å². The van der Waals surface area contributed by atoms with E-state index in [-0.39, 0.29) is 17.2 Å². The van der Waals surface area contributed by atoms with E-state index in [0.717, 1.165) is 46.7 Å². The molecule has 0 atom stereocenters. The predicted molar refractivity (Wildman–Crippen MR) is 129 cm³/mol. The fraction of sp³-hybridized carbons (Fsp3) is 0.345. The molecule has 1 aliphatic carbocycles. The van der Waals surface area contributed by atoms with Crippen LogP contribution in [0, 0.1) is 11.7 Å². The first-order chi connectivity index (χ1) is 15.4. The van der Waals surface area contributed by atoms with Gasteiger partial charge in [-0.15, -0.1) is 0 Å². The molecule has 1 aliphatic heterocycles. The molecule has 2 aromatic carbocycles. The minimum Gasteiger partial charge on any atom is -0.492 e. The Labute approximate surface area is 190 Å². The summed E-state index contributed by atoms with van der Waals surface area (Å²) in [4.78, 5) is 5.33. The Balaban J connectivity index is 1.92. The van der Waals surface area contributed by atoms with Crippen LogP contribution in [0.2, 0.25) is 0 Å². The second-order valence-electron chi connectivity index (χ2n) is 9.84. The fourth-order valence-electron chi connectivity index (χ4n) is 4.76. The predicted octanol–water partition coefficient (Wildman–Crippen LogP) is 7.77. The van der Waals surface area contributed by atoms with Crippen LogP contribution in [0.15, 0.2) is 54.6 Å². The van der Waals surface area contributed by atoms with Crippen LogP contribution in [0.25, 0.3) is 28.5 Å². The van der Waals surface area contributed by atoms with Crippen LogP contribution in [0.3, 0.4) is 0 Å². The molecule has 3 heteroatoms. The molecule has 1 saturated carbocycles. The fourth-order valence-corrected chi connectivity index (χ4v) is 4.76. The first kappa shape index (κ1) is 20.9. The van der Waals surface area contributed by atoms with Gasteiger partial charge >= 0.3 is 0 Å². The van der Waals surface area contributed by atoms with Crippen LogP contribution in [0.1, 0.15) is 63.3 Å². The number of halogens is 1. The van der Waals surface area contributed by atoms with E-state index >= 15 is 0 Å². The number of pyridine rings is 1. The SMILES string of the molecule is CC(C)/C=C/c1c(C(C)C)nc2c(c1-c1ccc(F)cc1)C1(CC1)COc1ccccc1-2. The smallest absolute Gasteiger partial charge is 0.128 e. The second kappa shape index (κ2) is 7.88. The monoisotopic (exact) mass is 427 g/mol. The summed E-state index contributed by atoms with van der Waals surface area (Å²) in [5.74, 6) is 1.36. The van der Waals surface area contributed by atoms with Crippen molar-refractivity contribution in [3.05, 3.63) is 77.2 Å². The molecule has 0 unspecified atom stereocenters. The largest absolute Gasteiger partial charge is 0.492 e. The molecule has 0 N–H and O–H groups in total. The highest BCUT2D eigenvalue weighted by atomic mass is 19.1. The Bertz CT molecular complexity index is 1190. The summed E-state index contributed by atoms with van der Waals surface area (Å²) in [5.41, 5.74) is 7.77. The van der Waals surface area contributed by atoms with Gasteiger partial charge < -0.3 is 4.74 Å². The van der Waals surface area contributed by atoms with Crippen LogP contribution < -0.4 is 4.74 Å². The Kier molecular flexibility index (Phi) is 5.16. The summed E-state index contributed by atoms with van der Waals surface area (Å²) < 4.78 is 20.2. The van der Waals surface area contributed by atoms with Crippen molar-refractivity contribution in [2.45, 2.75) is 51.9 Å². The van der Waals surface area contributed by atoms with Crippen LogP contribution in [0.5, 0.6) is 5.75 Å². The maximum Gasteiger partial charge on any atom is 0.128 e. The molecule has 2 heterocycles. The van der Waals surface area contributed by atoms with Crippen molar-refractivity contribution in [3.8, 4) is 28.1 Å². The van der Waals surface area contributed by atoms with Crippen molar-refractivity contribution < 1.29 is 9.13 Å². The van der Waals surface area contributed by atoms with Gasteiger partial charge in [-0.2, -0.15) is 0 Å². The summed E-state index contributed by atoms with van der Waals surface area (Å²) in [7, 11) is 0. The number of hydrogen-bond acceptors (Lipinski definition) is 2. The van der Waals surface area contributed by atoms with Gasteiger partial charge in [0, 0.05) is 16.5 Å². The molecule has 1 aromatic heterocycles. The first-order valence-electron chi connectivity index (χ1n) is 11.6. The number of para-hydroxylation sites is 1. The van der Waals surface area contributed by atoms with E-state index in [9.17, 15) is 4.39 Å². The molecule has 2 aliphatic rings. The molecule has 0 radical (unpaired) electrons. The zero-order valence-electron chi connectivity index (χ0n) is 19.3. The van der Waals surface area contributed by atoms with Crippen LogP contribution in [-0.4, -0.2) is 11.6 Å². The maximum atomic E-state index is 13.9. The van der Waals surface area contributed by atoms with Crippen LogP contribution >= 0.6 is 0 Å². The van der Waals surface area contributed by atoms with Gasteiger partial charge in [0.15, 0.2) is 0 Å². The Morgan fingerprint density at radius 2 is 1.72 bits per heavy atom. The minimum absolute atomic E-state index is 0.0407. The highest BCUT2D eigenvalue weighted by molar-refractivity contribution is 5.88. The van der Waals surface area contributed by atoms with Gasteiger partial charge in [0.2, 0.25) is 0 Å².